The van der Waals surface area contributed by atoms with Gasteiger partial charge in [0, 0.05) is 5.56 Å². The van der Waals surface area contributed by atoms with Gasteiger partial charge >= 0.3 is 0 Å². The molecule has 0 fully saturated rings. The molecular formula is C7H11N3O2P2S. The average Bonchev–Trinajstić information content (AvgIpc) is 2.28. The first kappa shape index (κ1) is 12.5. The number of hydrogen-bond acceptors (Lipinski definition) is 3. The molecule has 0 aliphatic rings. The lowest BCUT2D eigenvalue weighted by atomic mass is 10.2. The van der Waals surface area contributed by atoms with Crippen molar-refractivity contribution >= 4 is 34.6 Å². The van der Waals surface area contributed by atoms with E-state index in [0.29, 0.717) is 11.4 Å². The molecule has 0 aliphatic carbocycles. The van der Waals surface area contributed by atoms with Crippen molar-refractivity contribution in [2.75, 3.05) is 0 Å². The van der Waals surface area contributed by atoms with Crippen LogP contribution in [0.15, 0.2) is 33.9 Å². The third kappa shape index (κ3) is 2.95. The highest BCUT2D eigenvalue weighted by molar-refractivity contribution is 7.92. The van der Waals surface area contributed by atoms with Crippen LogP contribution in [-0.4, -0.2) is 14.3 Å². The van der Waals surface area contributed by atoms with Gasteiger partial charge in [0.25, 0.3) is 0 Å². The van der Waals surface area contributed by atoms with Gasteiger partial charge in [-0.05, 0) is 33.7 Å². The highest BCUT2D eigenvalue weighted by atomic mass is 32.2. The van der Waals surface area contributed by atoms with Crippen LogP contribution in [0.2, 0.25) is 0 Å². The van der Waals surface area contributed by atoms with E-state index in [0.717, 1.165) is 0 Å². The molecule has 5 nitrogen and oxygen atoms in total. The molecule has 2 atom stereocenters. The summed E-state index contributed by atoms with van der Waals surface area (Å²) in [5, 5.41) is 0. The monoisotopic (exact) mass is 263 g/mol. The molecule has 0 heterocycles. The smallest absolute Gasteiger partial charge is 0.243 e. The minimum absolute atomic E-state index is 0.179. The SMILES string of the molecule is N/C(=N/P)c1ccc(S(=O)(=O)NP)cc1. The molecule has 0 radical (unpaired) electrons. The third-order valence-electron chi connectivity index (χ3n) is 1.75. The summed E-state index contributed by atoms with van der Waals surface area (Å²) in [4.78, 5) is 0.179. The molecular weight excluding hydrogens is 252 g/mol. The molecule has 0 bridgehead atoms. The van der Waals surface area contributed by atoms with E-state index in [4.69, 9.17) is 5.73 Å². The maximum Gasteiger partial charge on any atom is 0.243 e. The maximum atomic E-state index is 11.4. The van der Waals surface area contributed by atoms with Crippen molar-refractivity contribution < 1.29 is 8.42 Å². The summed E-state index contributed by atoms with van der Waals surface area (Å²) >= 11 is 0. The normalized spacial score (nSPS) is 12.8. The van der Waals surface area contributed by atoms with Crippen LogP contribution < -0.4 is 10.2 Å². The minimum Gasteiger partial charge on any atom is -0.383 e. The summed E-state index contributed by atoms with van der Waals surface area (Å²) in [6.45, 7) is 0. The second-order valence-corrected chi connectivity index (χ2v) is 5.34. The van der Waals surface area contributed by atoms with Crippen LogP contribution in [0.25, 0.3) is 0 Å². The molecule has 0 saturated carbocycles. The van der Waals surface area contributed by atoms with Crippen LogP contribution >= 0.6 is 18.8 Å². The molecule has 0 spiro atoms. The fourth-order valence-corrected chi connectivity index (χ4v) is 2.14. The van der Waals surface area contributed by atoms with Gasteiger partial charge < -0.3 is 5.73 Å². The van der Waals surface area contributed by atoms with Gasteiger partial charge in [0.1, 0.15) is 5.84 Å². The molecule has 3 N–H and O–H groups in total. The van der Waals surface area contributed by atoms with Crippen molar-refractivity contribution in [2.45, 2.75) is 4.90 Å². The van der Waals surface area contributed by atoms with Gasteiger partial charge in [-0.3, -0.25) is 4.76 Å². The quantitative estimate of drug-likeness (QED) is 0.465. The van der Waals surface area contributed by atoms with Crippen molar-refractivity contribution in [2.24, 2.45) is 10.5 Å². The number of rotatable bonds is 3. The zero-order valence-corrected chi connectivity index (χ0v) is 10.8. The Morgan fingerprint density at radius 2 is 1.87 bits per heavy atom. The van der Waals surface area contributed by atoms with Gasteiger partial charge in [-0.2, -0.15) is 4.49 Å². The Balaban J connectivity index is 3.12. The second kappa shape index (κ2) is 4.99. The fourth-order valence-electron chi connectivity index (χ4n) is 0.947. The topological polar surface area (TPSA) is 84.5 Å². The number of benzene rings is 1. The van der Waals surface area contributed by atoms with Gasteiger partial charge in [-0.25, -0.2) is 8.42 Å². The minimum atomic E-state index is -3.42. The summed E-state index contributed by atoms with van der Waals surface area (Å²) in [7, 11) is 0.669. The molecule has 2 unspecified atom stereocenters. The van der Waals surface area contributed by atoms with E-state index in [9.17, 15) is 8.42 Å². The van der Waals surface area contributed by atoms with Crippen LogP contribution in [0.5, 0.6) is 0 Å². The summed E-state index contributed by atoms with van der Waals surface area (Å²) in [5.74, 6) is 0.336. The van der Waals surface area contributed by atoms with E-state index >= 15 is 0 Å². The van der Waals surface area contributed by atoms with E-state index in [2.05, 4.69) is 18.6 Å². The molecule has 0 saturated heterocycles. The lowest BCUT2D eigenvalue weighted by Gasteiger charge is -2.03. The van der Waals surface area contributed by atoms with Crippen LogP contribution in [0.1, 0.15) is 5.56 Å². The largest absolute Gasteiger partial charge is 0.383 e. The molecule has 8 heteroatoms. The predicted octanol–water partition coefficient (Wildman–Crippen LogP) is 0.250. The van der Waals surface area contributed by atoms with Crippen LogP contribution in [-0.2, 0) is 10.0 Å². The number of nitrogens with two attached hydrogens (primary N) is 1. The molecule has 15 heavy (non-hydrogen) atoms. The fraction of sp³-hybridized carbons (Fsp3) is 0. The molecule has 0 amide bonds. The first-order chi connectivity index (χ1) is 7.01. The second-order valence-electron chi connectivity index (χ2n) is 2.66. The number of nitrogens with one attached hydrogen (secondary N) is 1. The number of sulfonamides is 1. The summed E-state index contributed by atoms with van der Waals surface area (Å²) in [6, 6.07) is 6.12. The van der Waals surface area contributed by atoms with Gasteiger partial charge in [0.2, 0.25) is 10.0 Å². The Kier molecular flexibility index (Phi) is 4.17. The lowest BCUT2D eigenvalue weighted by molar-refractivity contribution is 0.594. The van der Waals surface area contributed by atoms with Crippen molar-refractivity contribution in [3.63, 3.8) is 0 Å². The maximum absolute atomic E-state index is 11.4. The summed E-state index contributed by atoms with van der Waals surface area (Å²) in [6.07, 6.45) is 0. The average molecular weight is 263 g/mol. The molecule has 1 rings (SSSR count). The zero-order valence-electron chi connectivity index (χ0n) is 7.71. The van der Waals surface area contributed by atoms with E-state index < -0.39 is 10.0 Å². The Hall–Kier alpha value is -0.540. The van der Waals surface area contributed by atoms with Crippen molar-refractivity contribution in [3.05, 3.63) is 29.8 Å². The first-order valence-corrected chi connectivity index (χ1v) is 6.45. The highest BCUT2D eigenvalue weighted by Crippen LogP contribution is 2.11. The van der Waals surface area contributed by atoms with Crippen molar-refractivity contribution in [1.82, 2.24) is 4.49 Å². The van der Waals surface area contributed by atoms with E-state index in [1.54, 1.807) is 12.1 Å². The standard InChI is InChI=1S/C7H11N3O2P2S/c8-7(9-13)5-1-3-6(4-2-5)15(11,12)10-14/h1-4,10H,13-14H2,(H2,8,9). The van der Waals surface area contributed by atoms with Gasteiger partial charge in [-0.15, -0.1) is 0 Å². The molecule has 1 aromatic carbocycles. The number of amidine groups is 1. The zero-order chi connectivity index (χ0) is 11.5. The Labute approximate surface area is 93.1 Å². The van der Waals surface area contributed by atoms with Crippen LogP contribution in [0, 0.1) is 0 Å². The molecule has 0 aliphatic heterocycles. The third-order valence-corrected chi connectivity index (χ3v) is 4.17. The van der Waals surface area contributed by atoms with E-state index in [-0.39, 0.29) is 4.90 Å². The van der Waals surface area contributed by atoms with Crippen LogP contribution in [0.3, 0.4) is 0 Å². The first-order valence-electron chi connectivity index (χ1n) is 3.87. The van der Waals surface area contributed by atoms with E-state index in [1.165, 1.54) is 12.1 Å². The summed E-state index contributed by atoms with van der Waals surface area (Å²) in [5.41, 5.74) is 6.22. The predicted molar refractivity (Wildman–Crippen MR) is 66.9 cm³/mol. The molecule has 0 aromatic heterocycles. The van der Waals surface area contributed by atoms with Gasteiger partial charge in [0.15, 0.2) is 0 Å². The van der Waals surface area contributed by atoms with Crippen LogP contribution in [0.4, 0.5) is 0 Å². The molecule has 82 valence electrons. The number of hydrogen-bond donors (Lipinski definition) is 2. The van der Waals surface area contributed by atoms with Crippen molar-refractivity contribution in [1.29, 1.82) is 0 Å². The Morgan fingerprint density at radius 3 is 2.27 bits per heavy atom. The summed E-state index contributed by atoms with van der Waals surface area (Å²) < 4.78 is 28.6. The Bertz CT molecular complexity index is 470. The molecule has 1 aromatic rings. The number of nitrogens with zero attached hydrogens (tertiary/aromatic N) is 1. The lowest BCUT2D eigenvalue weighted by Crippen LogP contribution is -2.15. The Morgan fingerprint density at radius 1 is 1.33 bits per heavy atom. The van der Waals surface area contributed by atoms with E-state index in [1.807, 2.05) is 9.39 Å². The van der Waals surface area contributed by atoms with Crippen molar-refractivity contribution in [3.8, 4) is 0 Å². The van der Waals surface area contributed by atoms with Gasteiger partial charge in [0.05, 0.1) is 4.90 Å². The van der Waals surface area contributed by atoms with Gasteiger partial charge in [-0.1, -0.05) is 9.39 Å². The highest BCUT2D eigenvalue weighted by Gasteiger charge is 2.10.